The minimum Gasteiger partial charge on any atom is -0.374 e. The molecule has 14 heteroatoms. The zero-order chi connectivity index (χ0) is 26.2. The molecule has 2 N–H and O–H groups in total. The number of imide groups is 2. The Morgan fingerprint density at radius 2 is 2.03 bits per heavy atom. The van der Waals surface area contributed by atoms with Gasteiger partial charge in [0.05, 0.1) is 42.1 Å². The van der Waals surface area contributed by atoms with Gasteiger partial charge in [0.15, 0.2) is 11.2 Å². The lowest BCUT2D eigenvalue weighted by Gasteiger charge is -2.54. The third kappa shape index (κ3) is 3.03. The number of amides is 4. The van der Waals surface area contributed by atoms with Crippen molar-refractivity contribution in [1.29, 1.82) is 0 Å². The van der Waals surface area contributed by atoms with Crippen LogP contribution in [0.25, 0.3) is 16.8 Å². The summed E-state index contributed by atoms with van der Waals surface area (Å²) < 4.78 is 28.9. The molecule has 3 aromatic rings. The van der Waals surface area contributed by atoms with E-state index in [2.05, 4.69) is 30.9 Å². The van der Waals surface area contributed by atoms with Crippen LogP contribution in [0.15, 0.2) is 33.0 Å². The number of aliphatic imine (C=N–C) groups is 2. The van der Waals surface area contributed by atoms with Crippen LogP contribution in [-0.2, 0) is 20.7 Å². The number of morpholine rings is 1. The number of benzene rings is 1. The molecule has 7 rings (SSSR count). The minimum atomic E-state index is -1.71. The number of nitrogens with one attached hydrogen (secondary N) is 2. The number of anilines is 1. The fourth-order valence-corrected chi connectivity index (χ4v) is 6.05. The van der Waals surface area contributed by atoms with Crippen molar-refractivity contribution in [3.05, 3.63) is 35.4 Å². The van der Waals surface area contributed by atoms with E-state index >= 15 is 4.39 Å². The van der Waals surface area contributed by atoms with Crippen LogP contribution in [0.1, 0.15) is 30.5 Å². The quantitative estimate of drug-likeness (QED) is 0.478. The number of halogens is 1. The number of rotatable bonds is 2. The van der Waals surface area contributed by atoms with Gasteiger partial charge in [0, 0.05) is 37.4 Å². The van der Waals surface area contributed by atoms with Crippen LogP contribution < -0.4 is 15.5 Å². The molecule has 2 aromatic heterocycles. The Morgan fingerprint density at radius 1 is 1.21 bits per heavy atom. The highest BCUT2D eigenvalue weighted by atomic mass is 19.1. The molecule has 38 heavy (non-hydrogen) atoms. The van der Waals surface area contributed by atoms with Gasteiger partial charge in [0.25, 0.3) is 0 Å². The number of nitrogens with zero attached hydrogens (tertiary/aromatic N) is 6. The second kappa shape index (κ2) is 8.02. The van der Waals surface area contributed by atoms with E-state index in [1.54, 1.807) is 36.5 Å². The summed E-state index contributed by atoms with van der Waals surface area (Å²) in [6.45, 7) is 2.22. The summed E-state index contributed by atoms with van der Waals surface area (Å²) in [5.41, 5.74) is -0.325. The van der Waals surface area contributed by atoms with Gasteiger partial charge in [0.1, 0.15) is 6.34 Å². The molecule has 4 aliphatic rings. The van der Waals surface area contributed by atoms with Crippen molar-refractivity contribution in [3.63, 3.8) is 0 Å². The SMILES string of the molecule is C[C@@H]1OCCN2c3c(cc4c(-n5cc(C6CC=NC=N6)cn5)noc4c3F)CC3(C(=O)NC(=O)NC3=O)[C@@H]12. The van der Waals surface area contributed by atoms with Crippen LogP contribution in [0.4, 0.5) is 14.9 Å². The molecule has 0 aliphatic carbocycles. The Hall–Kier alpha value is -4.46. The monoisotopic (exact) mass is 520 g/mol. The molecule has 6 heterocycles. The number of barbiturate groups is 1. The summed E-state index contributed by atoms with van der Waals surface area (Å²) in [7, 11) is 0. The molecule has 1 spiro atoms. The van der Waals surface area contributed by atoms with Crippen molar-refractivity contribution < 1.29 is 28.0 Å². The molecular weight excluding hydrogens is 499 g/mol. The van der Waals surface area contributed by atoms with E-state index in [0.717, 1.165) is 5.56 Å². The highest BCUT2D eigenvalue weighted by Crippen LogP contribution is 2.48. The molecule has 1 aromatic carbocycles. The first kappa shape index (κ1) is 22.7. The number of carbonyl (C=O) groups excluding carboxylic acids is 3. The fourth-order valence-electron chi connectivity index (χ4n) is 6.05. The van der Waals surface area contributed by atoms with Gasteiger partial charge in [-0.05, 0) is 18.6 Å². The lowest BCUT2D eigenvalue weighted by Crippen LogP contribution is -2.74. The first-order valence-electron chi connectivity index (χ1n) is 12.1. The van der Waals surface area contributed by atoms with E-state index in [9.17, 15) is 14.4 Å². The molecule has 3 atom stereocenters. The van der Waals surface area contributed by atoms with Crippen molar-refractivity contribution in [2.24, 2.45) is 15.4 Å². The Balaban J connectivity index is 1.38. The summed E-state index contributed by atoms with van der Waals surface area (Å²) in [4.78, 5) is 48.5. The van der Waals surface area contributed by atoms with Gasteiger partial charge in [-0.2, -0.15) is 5.10 Å². The smallest absolute Gasteiger partial charge is 0.328 e. The van der Waals surface area contributed by atoms with Crippen LogP contribution in [0.2, 0.25) is 0 Å². The van der Waals surface area contributed by atoms with Crippen LogP contribution in [-0.4, -0.2) is 70.6 Å². The van der Waals surface area contributed by atoms with E-state index in [4.69, 9.17) is 9.26 Å². The van der Waals surface area contributed by atoms with Crippen molar-refractivity contribution >= 4 is 47.1 Å². The van der Waals surface area contributed by atoms with E-state index < -0.39 is 41.2 Å². The van der Waals surface area contributed by atoms with Crippen molar-refractivity contribution in [1.82, 2.24) is 25.6 Å². The minimum absolute atomic E-state index is 0.0693. The second-order valence-electron chi connectivity index (χ2n) is 9.75. The zero-order valence-electron chi connectivity index (χ0n) is 20.0. The molecule has 4 amide bonds. The molecular formula is C24H21FN8O5. The first-order chi connectivity index (χ1) is 18.4. The second-order valence-corrected chi connectivity index (χ2v) is 9.75. The predicted octanol–water partition coefficient (Wildman–Crippen LogP) is 1.20. The predicted molar refractivity (Wildman–Crippen MR) is 130 cm³/mol. The average Bonchev–Trinajstić information content (AvgIpc) is 3.55. The summed E-state index contributed by atoms with van der Waals surface area (Å²) >= 11 is 0. The number of hydrogen-bond donors (Lipinski definition) is 2. The summed E-state index contributed by atoms with van der Waals surface area (Å²) in [5.74, 6) is -1.90. The summed E-state index contributed by atoms with van der Waals surface area (Å²) in [5, 5.41) is 13.2. The molecule has 0 saturated carbocycles. The van der Waals surface area contributed by atoms with Crippen LogP contribution in [0.3, 0.4) is 0 Å². The lowest BCUT2D eigenvalue weighted by atomic mass is 9.66. The molecule has 13 nitrogen and oxygen atoms in total. The number of fused-ring (bicyclic) bond motifs is 5. The van der Waals surface area contributed by atoms with Crippen molar-refractivity contribution in [2.75, 3.05) is 18.1 Å². The van der Waals surface area contributed by atoms with E-state index in [1.165, 1.54) is 11.0 Å². The maximum atomic E-state index is 16.2. The summed E-state index contributed by atoms with van der Waals surface area (Å²) in [6.07, 6.45) is 6.51. The highest BCUT2D eigenvalue weighted by Gasteiger charge is 2.62. The Labute approximate surface area is 213 Å². The molecule has 2 fully saturated rings. The standard InChI is InChI=1S/C24H21FN8O5/c1-11-19-24(21(34)29-23(36)30-22(24)35)7-12-6-14-18(16(25)17(12)32(19)4-5-37-11)38-31-20(14)33-9-13(8-28-33)15-2-3-26-10-27-15/h3,6,8-11,15,19H,2,4-5,7H2,1H3,(H2,29,30,34,35,36)/t11-,15?,19+/m0/s1. The topological polar surface area (TPSA) is 156 Å². The molecule has 2 saturated heterocycles. The van der Waals surface area contributed by atoms with Gasteiger partial charge in [-0.25, -0.2) is 18.9 Å². The molecule has 194 valence electrons. The molecule has 0 radical (unpaired) electrons. The third-order valence-electron chi connectivity index (χ3n) is 7.71. The van der Waals surface area contributed by atoms with Gasteiger partial charge in [0.2, 0.25) is 23.2 Å². The maximum Gasteiger partial charge on any atom is 0.328 e. The van der Waals surface area contributed by atoms with Gasteiger partial charge in [-0.3, -0.25) is 25.2 Å². The largest absolute Gasteiger partial charge is 0.374 e. The Morgan fingerprint density at radius 3 is 2.79 bits per heavy atom. The van der Waals surface area contributed by atoms with Crippen LogP contribution in [0.5, 0.6) is 0 Å². The number of aromatic nitrogens is 3. The number of hydrogen-bond acceptors (Lipinski definition) is 10. The molecule has 0 bridgehead atoms. The fraction of sp³-hybridized carbons (Fsp3) is 0.375. The zero-order valence-corrected chi connectivity index (χ0v) is 20.0. The first-order valence-corrected chi connectivity index (χ1v) is 12.1. The van der Waals surface area contributed by atoms with Gasteiger partial charge < -0.3 is 14.2 Å². The Bertz CT molecular complexity index is 1570. The third-order valence-corrected chi connectivity index (χ3v) is 7.71. The Kier molecular flexibility index (Phi) is 4.79. The van der Waals surface area contributed by atoms with Gasteiger partial charge in [-0.15, -0.1) is 0 Å². The van der Waals surface area contributed by atoms with E-state index in [-0.39, 0.29) is 42.7 Å². The van der Waals surface area contributed by atoms with Gasteiger partial charge in [-0.1, -0.05) is 5.16 Å². The van der Waals surface area contributed by atoms with E-state index in [1.807, 2.05) is 0 Å². The van der Waals surface area contributed by atoms with Crippen molar-refractivity contribution in [3.8, 4) is 5.82 Å². The van der Waals surface area contributed by atoms with Gasteiger partial charge >= 0.3 is 6.03 Å². The number of ether oxygens (including phenoxy) is 1. The number of urea groups is 1. The van der Waals surface area contributed by atoms with Crippen LogP contribution >= 0.6 is 0 Å². The lowest BCUT2D eigenvalue weighted by molar-refractivity contribution is -0.151. The van der Waals surface area contributed by atoms with E-state index in [0.29, 0.717) is 17.4 Å². The maximum absolute atomic E-state index is 16.2. The average molecular weight is 520 g/mol. The van der Waals surface area contributed by atoms with Crippen molar-refractivity contribution in [2.45, 2.75) is 38.0 Å². The molecule has 1 unspecified atom stereocenters. The number of carbonyl (C=O) groups is 3. The normalized spacial score (nSPS) is 25.9. The van der Waals surface area contributed by atoms with Crippen LogP contribution in [0, 0.1) is 11.2 Å². The highest BCUT2D eigenvalue weighted by molar-refractivity contribution is 6.20. The summed E-state index contributed by atoms with van der Waals surface area (Å²) in [6, 6.07) is -0.214. The molecule has 4 aliphatic heterocycles.